The van der Waals surface area contributed by atoms with Gasteiger partial charge in [0.2, 0.25) is 10.0 Å². The number of nitro benzene ring substituents is 1. The van der Waals surface area contributed by atoms with Gasteiger partial charge in [0.25, 0.3) is 5.91 Å². The number of rotatable bonds is 10. The average molecular weight is 466 g/mol. The highest BCUT2D eigenvalue weighted by atomic mass is 32.2. The summed E-state index contributed by atoms with van der Waals surface area (Å²) in [6, 6.07) is 8.19. The summed E-state index contributed by atoms with van der Waals surface area (Å²) in [4.78, 5) is 22.5. The molecule has 0 aliphatic carbocycles. The predicted molar refractivity (Wildman–Crippen MR) is 115 cm³/mol. The number of hydrogen-bond donors (Lipinski definition) is 1. The van der Waals surface area contributed by atoms with Gasteiger partial charge in [-0.1, -0.05) is 0 Å². The quantitative estimate of drug-likeness (QED) is 0.314. The molecule has 0 aromatic heterocycles. The Labute approximate surface area is 184 Å². The van der Waals surface area contributed by atoms with Gasteiger partial charge in [-0.05, 0) is 24.3 Å². The summed E-state index contributed by atoms with van der Waals surface area (Å²) in [7, 11) is 1.35. The molecule has 0 bridgehead atoms. The lowest BCUT2D eigenvalue weighted by Crippen LogP contribution is -2.36. The number of carbonyl (C=O) groups is 1. The maximum Gasteiger partial charge on any atom is 0.311 e. The Hall–Kier alpha value is -3.71. The van der Waals surface area contributed by atoms with E-state index in [1.165, 1.54) is 71.0 Å². The fourth-order valence-electron chi connectivity index (χ4n) is 2.59. The van der Waals surface area contributed by atoms with Crippen LogP contribution in [0.4, 0.5) is 5.69 Å². The number of hydrazone groups is 1. The van der Waals surface area contributed by atoms with Crippen molar-refractivity contribution < 1.29 is 32.3 Å². The topological polar surface area (TPSA) is 150 Å². The lowest BCUT2D eigenvalue weighted by molar-refractivity contribution is -0.385. The molecule has 2 aromatic carbocycles. The third-order valence-electron chi connectivity index (χ3n) is 4.23. The van der Waals surface area contributed by atoms with E-state index in [1.807, 2.05) is 0 Å². The number of hydrogen-bond acceptors (Lipinski definition) is 9. The van der Waals surface area contributed by atoms with Crippen molar-refractivity contribution >= 4 is 27.8 Å². The van der Waals surface area contributed by atoms with Crippen LogP contribution in [0.25, 0.3) is 0 Å². The van der Waals surface area contributed by atoms with Crippen molar-refractivity contribution in [2.75, 3.05) is 34.9 Å². The summed E-state index contributed by atoms with van der Waals surface area (Å²) in [6.45, 7) is -0.517. The maximum absolute atomic E-state index is 12.7. The monoisotopic (exact) mass is 466 g/mol. The molecule has 0 unspecified atom stereocenters. The molecule has 0 radical (unpaired) electrons. The van der Waals surface area contributed by atoms with Crippen molar-refractivity contribution in [3.63, 3.8) is 0 Å². The predicted octanol–water partition coefficient (Wildman–Crippen LogP) is 1.39. The number of methoxy groups -OCH3 is 3. The number of ether oxygens (including phenoxy) is 3. The van der Waals surface area contributed by atoms with Crippen LogP contribution in [0.15, 0.2) is 46.4 Å². The number of benzene rings is 2. The fraction of sp³-hybridized carbons (Fsp3) is 0.263. The van der Waals surface area contributed by atoms with Gasteiger partial charge >= 0.3 is 5.69 Å². The molecule has 32 heavy (non-hydrogen) atoms. The molecule has 0 heterocycles. The third kappa shape index (κ3) is 5.70. The smallest absolute Gasteiger partial charge is 0.311 e. The number of nitro groups is 1. The zero-order valence-electron chi connectivity index (χ0n) is 17.8. The van der Waals surface area contributed by atoms with E-state index in [1.54, 1.807) is 0 Å². The zero-order chi connectivity index (χ0) is 23.9. The minimum atomic E-state index is -4.00. The standard InChI is InChI=1S/C19H22N4O8S/c1-22(32(27,28)14-6-8-17(30-3)18(10-14)31-4)12-19(24)21-20-11-13-5-7-16(29-2)15(9-13)23(25)26/h5-11H,12H2,1-4H3,(H,21,24). The van der Waals surface area contributed by atoms with Gasteiger partial charge in [-0.25, -0.2) is 13.8 Å². The zero-order valence-corrected chi connectivity index (χ0v) is 18.6. The van der Waals surface area contributed by atoms with E-state index in [9.17, 15) is 23.3 Å². The lowest BCUT2D eigenvalue weighted by Gasteiger charge is -2.17. The minimum absolute atomic E-state index is 0.0816. The van der Waals surface area contributed by atoms with E-state index >= 15 is 0 Å². The second-order valence-electron chi connectivity index (χ2n) is 6.26. The first kappa shape index (κ1) is 24.6. The van der Waals surface area contributed by atoms with Gasteiger partial charge in [0, 0.05) is 24.7 Å². The molecule has 0 spiro atoms. The van der Waals surface area contributed by atoms with Crippen molar-refractivity contribution in [1.82, 2.24) is 9.73 Å². The summed E-state index contributed by atoms with van der Waals surface area (Å²) in [6.07, 6.45) is 1.19. The molecule has 12 nitrogen and oxygen atoms in total. The van der Waals surface area contributed by atoms with E-state index in [2.05, 4.69) is 10.5 Å². The highest BCUT2D eigenvalue weighted by Gasteiger charge is 2.24. The van der Waals surface area contributed by atoms with Crippen LogP contribution in [-0.4, -0.2) is 64.7 Å². The van der Waals surface area contributed by atoms with Gasteiger partial charge in [-0.3, -0.25) is 14.9 Å². The summed E-state index contributed by atoms with van der Waals surface area (Å²) in [5.74, 6) is -0.0430. The molecule has 0 aliphatic rings. The van der Waals surface area contributed by atoms with E-state index < -0.39 is 27.4 Å². The first-order valence-corrected chi connectivity index (χ1v) is 10.4. The van der Waals surface area contributed by atoms with Gasteiger partial charge in [0.1, 0.15) is 0 Å². The average Bonchev–Trinajstić information content (AvgIpc) is 2.78. The maximum atomic E-state index is 12.7. The van der Waals surface area contributed by atoms with Crippen LogP contribution in [0.2, 0.25) is 0 Å². The lowest BCUT2D eigenvalue weighted by atomic mass is 10.2. The number of nitrogens with zero attached hydrogens (tertiary/aromatic N) is 3. The molecule has 0 fully saturated rings. The van der Waals surface area contributed by atoms with Crippen LogP contribution in [-0.2, 0) is 14.8 Å². The molecule has 2 rings (SSSR count). The molecule has 0 saturated carbocycles. The third-order valence-corrected chi connectivity index (χ3v) is 6.03. The number of likely N-dealkylation sites (N-methyl/N-ethyl adjacent to an activating group) is 1. The molecule has 0 aliphatic heterocycles. The van der Waals surface area contributed by atoms with Crippen LogP contribution in [0.5, 0.6) is 17.2 Å². The van der Waals surface area contributed by atoms with E-state index in [-0.39, 0.29) is 22.1 Å². The van der Waals surface area contributed by atoms with Crippen LogP contribution in [0, 0.1) is 10.1 Å². The van der Waals surface area contributed by atoms with Crippen LogP contribution in [0.1, 0.15) is 5.56 Å². The normalized spacial score (nSPS) is 11.4. The fourth-order valence-corrected chi connectivity index (χ4v) is 3.73. The molecular weight excluding hydrogens is 444 g/mol. The number of sulfonamides is 1. The largest absolute Gasteiger partial charge is 0.493 e. The highest BCUT2D eigenvalue weighted by Crippen LogP contribution is 2.30. The Kier molecular flexibility index (Phi) is 8.09. The van der Waals surface area contributed by atoms with Gasteiger partial charge in [-0.15, -0.1) is 0 Å². The van der Waals surface area contributed by atoms with E-state index in [0.717, 1.165) is 4.31 Å². The highest BCUT2D eigenvalue weighted by molar-refractivity contribution is 7.89. The molecule has 1 amide bonds. The molecule has 2 aromatic rings. The van der Waals surface area contributed by atoms with Crippen LogP contribution < -0.4 is 19.6 Å². The Morgan fingerprint density at radius 3 is 2.31 bits per heavy atom. The van der Waals surface area contributed by atoms with Crippen molar-refractivity contribution in [3.05, 3.63) is 52.1 Å². The Bertz CT molecular complexity index is 1130. The first-order chi connectivity index (χ1) is 15.1. The number of amides is 1. The molecule has 1 N–H and O–H groups in total. The SMILES string of the molecule is COc1ccc(S(=O)(=O)N(C)CC(=O)NN=Cc2ccc(OC)c([N+](=O)[O-])c2)cc1OC. The summed E-state index contributed by atoms with van der Waals surface area (Å²) >= 11 is 0. The Morgan fingerprint density at radius 1 is 1.09 bits per heavy atom. The van der Waals surface area contributed by atoms with Crippen molar-refractivity contribution in [2.24, 2.45) is 5.10 Å². The Balaban J connectivity index is 2.06. The molecular formula is C19H22N4O8S. The van der Waals surface area contributed by atoms with E-state index in [0.29, 0.717) is 11.3 Å². The second kappa shape index (κ2) is 10.5. The summed E-state index contributed by atoms with van der Waals surface area (Å²) < 4.78 is 41.4. The minimum Gasteiger partial charge on any atom is -0.493 e. The van der Waals surface area contributed by atoms with Gasteiger partial charge in [-0.2, -0.15) is 9.41 Å². The van der Waals surface area contributed by atoms with E-state index in [4.69, 9.17) is 14.2 Å². The molecule has 0 atom stereocenters. The number of nitrogens with one attached hydrogen (secondary N) is 1. The van der Waals surface area contributed by atoms with Crippen LogP contribution in [0.3, 0.4) is 0 Å². The molecule has 0 saturated heterocycles. The first-order valence-electron chi connectivity index (χ1n) is 8.96. The molecule has 172 valence electrons. The van der Waals surface area contributed by atoms with Gasteiger partial charge in [0.15, 0.2) is 17.2 Å². The summed E-state index contributed by atoms with van der Waals surface area (Å²) in [5.41, 5.74) is 2.26. The Morgan fingerprint density at radius 2 is 1.72 bits per heavy atom. The summed E-state index contributed by atoms with van der Waals surface area (Å²) in [5, 5.41) is 14.8. The molecule has 13 heteroatoms. The van der Waals surface area contributed by atoms with Gasteiger partial charge in [0.05, 0.1) is 43.9 Å². The van der Waals surface area contributed by atoms with Crippen molar-refractivity contribution in [1.29, 1.82) is 0 Å². The van der Waals surface area contributed by atoms with Crippen LogP contribution >= 0.6 is 0 Å². The van der Waals surface area contributed by atoms with Crippen molar-refractivity contribution in [3.8, 4) is 17.2 Å². The number of carbonyl (C=O) groups excluding carboxylic acids is 1. The van der Waals surface area contributed by atoms with Crippen molar-refractivity contribution in [2.45, 2.75) is 4.90 Å². The second-order valence-corrected chi connectivity index (χ2v) is 8.30. The van der Waals surface area contributed by atoms with Gasteiger partial charge < -0.3 is 14.2 Å².